The zero-order chi connectivity index (χ0) is 15.8. The summed E-state index contributed by atoms with van der Waals surface area (Å²) >= 11 is 5.84. The lowest BCUT2D eigenvalue weighted by Crippen LogP contribution is -2.28. The minimum Gasteiger partial charge on any atom is -0.361 e. The highest BCUT2D eigenvalue weighted by molar-refractivity contribution is 7.95. The van der Waals surface area contributed by atoms with Crippen molar-refractivity contribution < 1.29 is 13.2 Å². The Kier molecular flexibility index (Phi) is 3.85. The number of halogens is 1. The smallest absolute Gasteiger partial charge is 0.205 e. The van der Waals surface area contributed by atoms with Crippen LogP contribution in [-0.2, 0) is 20.2 Å². The van der Waals surface area contributed by atoms with E-state index in [2.05, 4.69) is 0 Å². The Morgan fingerprint density at radius 2 is 1.68 bits per heavy atom. The summed E-state index contributed by atoms with van der Waals surface area (Å²) in [4.78, 5) is 0.490. The van der Waals surface area contributed by atoms with E-state index in [9.17, 15) is 8.42 Å². The predicted octanol–water partition coefficient (Wildman–Crippen LogP) is 3.94. The van der Waals surface area contributed by atoms with E-state index in [1.165, 1.54) is 12.1 Å². The quantitative estimate of drug-likeness (QED) is 0.853. The van der Waals surface area contributed by atoms with Gasteiger partial charge in [0.05, 0.1) is 16.4 Å². The summed E-state index contributed by atoms with van der Waals surface area (Å²) < 4.78 is 31.7. The summed E-state index contributed by atoms with van der Waals surface area (Å²) in [6.07, 6.45) is 1.64. The van der Waals surface area contributed by atoms with Crippen LogP contribution in [0.1, 0.15) is 12.5 Å². The molecule has 22 heavy (non-hydrogen) atoms. The maximum absolute atomic E-state index is 12.9. The van der Waals surface area contributed by atoms with Gasteiger partial charge in [0.2, 0.25) is 9.84 Å². The van der Waals surface area contributed by atoms with Crippen molar-refractivity contribution in [3.05, 3.63) is 76.2 Å². The number of ether oxygens (including phenoxy) is 1. The minimum atomic E-state index is -3.63. The van der Waals surface area contributed by atoms with Crippen molar-refractivity contribution in [3.8, 4) is 0 Å². The molecule has 1 heterocycles. The van der Waals surface area contributed by atoms with E-state index in [0.717, 1.165) is 5.56 Å². The molecule has 0 radical (unpaired) electrons. The molecule has 0 bridgehead atoms. The Hall–Kier alpha value is -1.62. The number of hydrogen-bond acceptors (Lipinski definition) is 3. The predicted molar refractivity (Wildman–Crippen MR) is 86.5 cm³/mol. The van der Waals surface area contributed by atoms with Crippen molar-refractivity contribution in [1.82, 2.24) is 0 Å². The molecule has 0 aliphatic carbocycles. The topological polar surface area (TPSA) is 43.4 Å². The van der Waals surface area contributed by atoms with E-state index in [-0.39, 0.29) is 16.4 Å². The van der Waals surface area contributed by atoms with Crippen LogP contribution in [0.3, 0.4) is 0 Å². The van der Waals surface area contributed by atoms with Gasteiger partial charge in [0.15, 0.2) is 0 Å². The van der Waals surface area contributed by atoms with Gasteiger partial charge in [-0.1, -0.05) is 41.9 Å². The van der Waals surface area contributed by atoms with Crippen molar-refractivity contribution in [2.45, 2.75) is 17.4 Å². The molecule has 2 aromatic rings. The lowest BCUT2D eigenvalue weighted by atomic mass is 9.96. The van der Waals surface area contributed by atoms with Gasteiger partial charge in [-0.3, -0.25) is 0 Å². The van der Waals surface area contributed by atoms with Crippen LogP contribution < -0.4 is 0 Å². The second-order valence-corrected chi connectivity index (χ2v) is 7.59. The summed E-state index contributed by atoms with van der Waals surface area (Å²) in [6.45, 7) is 2.06. The first kappa shape index (κ1) is 15.3. The molecule has 1 aliphatic heterocycles. The molecule has 2 aromatic carbocycles. The van der Waals surface area contributed by atoms with Gasteiger partial charge >= 0.3 is 0 Å². The van der Waals surface area contributed by atoms with Crippen molar-refractivity contribution in [1.29, 1.82) is 0 Å². The van der Waals surface area contributed by atoms with Crippen LogP contribution >= 0.6 is 11.6 Å². The summed E-state index contributed by atoms with van der Waals surface area (Å²) in [7, 11) is -3.63. The lowest BCUT2D eigenvalue weighted by Gasteiger charge is -2.27. The third kappa shape index (κ3) is 2.47. The molecular weight excluding hydrogens is 320 g/mol. The zero-order valence-corrected chi connectivity index (χ0v) is 13.6. The summed E-state index contributed by atoms with van der Waals surface area (Å²) in [5.74, 6) is 0. The molecule has 0 N–H and O–H groups in total. The molecule has 3 rings (SSSR count). The molecule has 0 aromatic heterocycles. The molecule has 0 amide bonds. The van der Waals surface area contributed by atoms with Crippen molar-refractivity contribution in [3.63, 3.8) is 0 Å². The number of hydrogen-bond donors (Lipinski definition) is 0. The van der Waals surface area contributed by atoms with Crippen LogP contribution in [0.15, 0.2) is 70.5 Å². The fourth-order valence-electron chi connectivity index (χ4n) is 2.64. The third-order valence-corrected chi connectivity index (χ3v) is 6.13. The monoisotopic (exact) mass is 334 g/mol. The minimum absolute atomic E-state index is 0.218. The van der Waals surface area contributed by atoms with Gasteiger partial charge in [-0.15, -0.1) is 0 Å². The molecule has 0 saturated heterocycles. The van der Waals surface area contributed by atoms with E-state index < -0.39 is 15.4 Å². The highest BCUT2D eigenvalue weighted by Crippen LogP contribution is 2.42. The van der Waals surface area contributed by atoms with E-state index in [1.807, 2.05) is 30.3 Å². The normalized spacial score (nSPS) is 21.6. The molecule has 0 spiro atoms. The van der Waals surface area contributed by atoms with Crippen LogP contribution in [0.25, 0.3) is 0 Å². The standard InChI is InChI=1S/C17H15ClO3S/c1-17(13-5-3-2-4-6-13)16(11-12-21-17)22(19,20)15-9-7-14(18)8-10-15/h2-11H,12H2,1H3. The Balaban J connectivity index is 2.08. The summed E-state index contributed by atoms with van der Waals surface area (Å²) in [6, 6.07) is 15.6. The second-order valence-electron chi connectivity index (χ2n) is 5.24. The first-order valence-electron chi connectivity index (χ1n) is 6.85. The first-order valence-corrected chi connectivity index (χ1v) is 8.71. The van der Waals surface area contributed by atoms with Crippen LogP contribution in [0, 0.1) is 0 Å². The van der Waals surface area contributed by atoms with Gasteiger partial charge in [-0.2, -0.15) is 0 Å². The molecule has 3 nitrogen and oxygen atoms in total. The molecule has 0 saturated carbocycles. The van der Waals surface area contributed by atoms with E-state index in [4.69, 9.17) is 16.3 Å². The van der Waals surface area contributed by atoms with Gasteiger partial charge in [0, 0.05) is 5.02 Å². The molecule has 114 valence electrons. The van der Waals surface area contributed by atoms with Gasteiger partial charge in [-0.05, 0) is 42.8 Å². The Morgan fingerprint density at radius 1 is 1.05 bits per heavy atom. The highest BCUT2D eigenvalue weighted by atomic mass is 35.5. The zero-order valence-electron chi connectivity index (χ0n) is 12.0. The van der Waals surface area contributed by atoms with Gasteiger partial charge < -0.3 is 4.74 Å². The SMILES string of the molecule is CC1(c2ccccc2)OCC=C1S(=O)(=O)c1ccc(Cl)cc1. The molecule has 1 atom stereocenters. The van der Waals surface area contributed by atoms with Gasteiger partial charge in [0.25, 0.3) is 0 Å². The number of rotatable bonds is 3. The first-order chi connectivity index (χ1) is 10.4. The van der Waals surface area contributed by atoms with Crippen molar-refractivity contribution in [2.24, 2.45) is 0 Å². The Labute approximate surface area is 135 Å². The molecule has 1 unspecified atom stereocenters. The molecular formula is C17H15ClO3S. The van der Waals surface area contributed by atoms with Crippen molar-refractivity contribution >= 4 is 21.4 Å². The molecule has 0 fully saturated rings. The van der Waals surface area contributed by atoms with Crippen LogP contribution in [0.4, 0.5) is 0 Å². The largest absolute Gasteiger partial charge is 0.361 e. The number of sulfone groups is 1. The third-order valence-electron chi connectivity index (χ3n) is 3.85. The second kappa shape index (κ2) is 5.54. The Morgan fingerprint density at radius 3 is 2.32 bits per heavy atom. The van der Waals surface area contributed by atoms with Crippen molar-refractivity contribution in [2.75, 3.05) is 6.61 Å². The molecule has 5 heteroatoms. The average molecular weight is 335 g/mol. The van der Waals surface area contributed by atoms with Gasteiger partial charge in [-0.25, -0.2) is 8.42 Å². The van der Waals surface area contributed by atoms with Crippen LogP contribution in [0.2, 0.25) is 5.02 Å². The number of benzene rings is 2. The maximum Gasteiger partial charge on any atom is 0.205 e. The Bertz CT molecular complexity index is 811. The van der Waals surface area contributed by atoms with E-state index in [1.54, 1.807) is 25.1 Å². The fraction of sp³-hybridized carbons (Fsp3) is 0.176. The van der Waals surface area contributed by atoms with E-state index >= 15 is 0 Å². The van der Waals surface area contributed by atoms with Gasteiger partial charge in [0.1, 0.15) is 5.60 Å². The van der Waals surface area contributed by atoms with Crippen LogP contribution in [0.5, 0.6) is 0 Å². The fourth-order valence-corrected chi connectivity index (χ4v) is 4.49. The summed E-state index contributed by atoms with van der Waals surface area (Å²) in [5, 5.41) is 0.501. The maximum atomic E-state index is 12.9. The van der Waals surface area contributed by atoms with E-state index in [0.29, 0.717) is 5.02 Å². The van der Waals surface area contributed by atoms with Crippen LogP contribution in [-0.4, -0.2) is 15.0 Å². The molecule has 1 aliphatic rings. The lowest BCUT2D eigenvalue weighted by molar-refractivity contribution is 0.0358. The highest BCUT2D eigenvalue weighted by Gasteiger charge is 2.43. The summed E-state index contributed by atoms with van der Waals surface area (Å²) in [5.41, 5.74) is -0.156. The average Bonchev–Trinajstić information content (AvgIpc) is 2.93.